The van der Waals surface area contributed by atoms with Crippen molar-refractivity contribution in [2.75, 3.05) is 6.61 Å². The molecule has 0 amide bonds. The van der Waals surface area contributed by atoms with E-state index in [9.17, 15) is 4.79 Å². The highest BCUT2D eigenvalue weighted by Gasteiger charge is 2.30. The van der Waals surface area contributed by atoms with E-state index >= 15 is 0 Å². The van der Waals surface area contributed by atoms with Gasteiger partial charge in [-0.05, 0) is 68.6 Å². The van der Waals surface area contributed by atoms with Crippen molar-refractivity contribution in [2.45, 2.75) is 90.9 Å². The minimum atomic E-state index is -0.163. The minimum Gasteiger partial charge on any atom is -0.463 e. The normalized spacial score (nSPS) is 31.2. The van der Waals surface area contributed by atoms with Crippen molar-refractivity contribution in [3.8, 4) is 0 Å². The second-order valence-electron chi connectivity index (χ2n) is 8.12. The van der Waals surface area contributed by atoms with Gasteiger partial charge in [-0.25, -0.2) is 4.79 Å². The molecular formula is C22H38O2. The third-order valence-corrected chi connectivity index (χ3v) is 6.29. The van der Waals surface area contributed by atoms with E-state index in [0.717, 1.165) is 24.2 Å². The Hall–Kier alpha value is -0.790. The quantitative estimate of drug-likeness (QED) is 0.384. The Bertz CT molecular complexity index is 371. The Labute approximate surface area is 149 Å². The zero-order chi connectivity index (χ0) is 17.2. The summed E-state index contributed by atoms with van der Waals surface area (Å²) in [4.78, 5) is 11.6. The molecule has 0 bridgehead atoms. The maximum Gasteiger partial charge on any atom is 0.330 e. The van der Waals surface area contributed by atoms with Crippen LogP contribution in [0, 0.1) is 23.7 Å². The highest BCUT2D eigenvalue weighted by atomic mass is 16.5. The fourth-order valence-corrected chi connectivity index (χ4v) is 4.72. The van der Waals surface area contributed by atoms with E-state index in [2.05, 4.69) is 13.0 Å². The van der Waals surface area contributed by atoms with Crippen LogP contribution in [0.15, 0.2) is 12.2 Å². The van der Waals surface area contributed by atoms with Gasteiger partial charge in [-0.15, -0.1) is 0 Å². The van der Waals surface area contributed by atoms with E-state index in [1.165, 1.54) is 70.6 Å². The topological polar surface area (TPSA) is 26.3 Å². The van der Waals surface area contributed by atoms with Gasteiger partial charge >= 0.3 is 5.97 Å². The van der Waals surface area contributed by atoms with E-state index in [0.29, 0.717) is 12.5 Å². The predicted molar refractivity (Wildman–Crippen MR) is 101 cm³/mol. The third kappa shape index (κ3) is 6.61. The Morgan fingerprint density at radius 2 is 1.54 bits per heavy atom. The van der Waals surface area contributed by atoms with Gasteiger partial charge in [0.15, 0.2) is 0 Å². The summed E-state index contributed by atoms with van der Waals surface area (Å²) in [6.07, 6.45) is 20.1. The van der Waals surface area contributed by atoms with E-state index in [4.69, 9.17) is 4.74 Å². The van der Waals surface area contributed by atoms with Crippen LogP contribution in [0.2, 0.25) is 0 Å². The first kappa shape index (κ1) is 19.5. The molecule has 0 aromatic rings. The smallest absolute Gasteiger partial charge is 0.330 e. The predicted octanol–water partition coefficient (Wildman–Crippen LogP) is 6.30. The van der Waals surface area contributed by atoms with Crippen LogP contribution in [0.1, 0.15) is 90.9 Å². The van der Waals surface area contributed by atoms with Crippen molar-refractivity contribution >= 4 is 5.97 Å². The number of rotatable bonds is 8. The maximum absolute atomic E-state index is 11.6. The van der Waals surface area contributed by atoms with Crippen molar-refractivity contribution in [1.82, 2.24) is 0 Å². The first-order chi connectivity index (χ1) is 11.7. The second kappa shape index (κ2) is 10.9. The minimum absolute atomic E-state index is 0.163. The molecule has 138 valence electrons. The molecule has 2 rings (SSSR count). The van der Waals surface area contributed by atoms with E-state index in [1.807, 2.05) is 6.92 Å². The molecule has 2 nitrogen and oxygen atoms in total. The molecule has 0 radical (unpaired) electrons. The molecule has 0 unspecified atom stereocenters. The summed E-state index contributed by atoms with van der Waals surface area (Å²) < 4.78 is 5.11. The molecular weight excluding hydrogens is 296 g/mol. The summed E-state index contributed by atoms with van der Waals surface area (Å²) in [5.41, 5.74) is 0. The average Bonchev–Trinajstić information content (AvgIpc) is 2.64. The highest BCUT2D eigenvalue weighted by molar-refractivity contribution is 5.81. The average molecular weight is 335 g/mol. The molecule has 24 heavy (non-hydrogen) atoms. The lowest BCUT2D eigenvalue weighted by molar-refractivity contribution is -0.137. The summed E-state index contributed by atoms with van der Waals surface area (Å²) in [6, 6.07) is 0. The number of allylic oxidation sites excluding steroid dienone is 1. The fourth-order valence-electron chi connectivity index (χ4n) is 4.72. The van der Waals surface area contributed by atoms with Crippen LogP contribution in [0.25, 0.3) is 0 Å². The van der Waals surface area contributed by atoms with Gasteiger partial charge in [0.2, 0.25) is 0 Å². The monoisotopic (exact) mass is 334 g/mol. The zero-order valence-corrected chi connectivity index (χ0v) is 16.0. The molecule has 0 N–H and O–H groups in total. The van der Waals surface area contributed by atoms with Gasteiger partial charge in [0.25, 0.3) is 0 Å². The number of hydrogen-bond donors (Lipinski definition) is 0. The number of carbonyl (C=O) groups is 1. The molecule has 0 aromatic heterocycles. The van der Waals surface area contributed by atoms with Gasteiger partial charge in [0.05, 0.1) is 6.61 Å². The first-order valence-electron chi connectivity index (χ1n) is 10.6. The molecule has 0 aliphatic heterocycles. The van der Waals surface area contributed by atoms with E-state index < -0.39 is 0 Å². The molecule has 2 fully saturated rings. The van der Waals surface area contributed by atoms with Crippen molar-refractivity contribution in [3.63, 3.8) is 0 Å². The Morgan fingerprint density at radius 3 is 2.12 bits per heavy atom. The van der Waals surface area contributed by atoms with Crippen molar-refractivity contribution < 1.29 is 9.53 Å². The standard InChI is InChI=1S/C22H38O2/c1-3-5-6-18-7-12-20(13-8-18)21-14-9-19(10-15-21)11-16-22(23)24-17-4-2/h11,16,18-21H,3-10,12-15,17H2,1-2H3/b16-11+/t18-,19?,20-,21?. The highest BCUT2D eigenvalue weighted by Crippen LogP contribution is 2.42. The summed E-state index contributed by atoms with van der Waals surface area (Å²) in [7, 11) is 0. The van der Waals surface area contributed by atoms with Crippen LogP contribution in [0.5, 0.6) is 0 Å². The van der Waals surface area contributed by atoms with Crippen LogP contribution in [-0.2, 0) is 9.53 Å². The van der Waals surface area contributed by atoms with Crippen LogP contribution >= 0.6 is 0 Å². The lowest BCUT2D eigenvalue weighted by Crippen LogP contribution is -2.25. The lowest BCUT2D eigenvalue weighted by Gasteiger charge is -2.37. The van der Waals surface area contributed by atoms with E-state index in [-0.39, 0.29) is 5.97 Å². The van der Waals surface area contributed by atoms with Crippen LogP contribution in [0.3, 0.4) is 0 Å². The maximum atomic E-state index is 11.6. The number of unbranched alkanes of at least 4 members (excludes halogenated alkanes) is 1. The second-order valence-corrected chi connectivity index (χ2v) is 8.12. The van der Waals surface area contributed by atoms with Gasteiger partial charge in [0, 0.05) is 6.08 Å². The molecule has 0 atom stereocenters. The Morgan fingerprint density at radius 1 is 0.917 bits per heavy atom. The fraction of sp³-hybridized carbons (Fsp3) is 0.864. The summed E-state index contributed by atoms with van der Waals surface area (Å²) in [5, 5.41) is 0. The van der Waals surface area contributed by atoms with Crippen LogP contribution in [-0.4, -0.2) is 12.6 Å². The van der Waals surface area contributed by atoms with Gasteiger partial charge in [-0.3, -0.25) is 0 Å². The molecule has 0 saturated heterocycles. The third-order valence-electron chi connectivity index (χ3n) is 6.29. The van der Waals surface area contributed by atoms with Gasteiger partial charge in [-0.2, -0.15) is 0 Å². The zero-order valence-electron chi connectivity index (χ0n) is 16.0. The van der Waals surface area contributed by atoms with Gasteiger partial charge in [0.1, 0.15) is 0 Å². The SMILES string of the molecule is CCCC[C@H]1CC[C@H](C2CCC(/C=C/C(=O)OCCC)CC2)CC1. The van der Waals surface area contributed by atoms with E-state index in [1.54, 1.807) is 6.08 Å². The van der Waals surface area contributed by atoms with Crippen molar-refractivity contribution in [3.05, 3.63) is 12.2 Å². The Balaban J connectivity index is 1.64. The largest absolute Gasteiger partial charge is 0.463 e. The van der Waals surface area contributed by atoms with Crippen molar-refractivity contribution in [2.24, 2.45) is 23.7 Å². The van der Waals surface area contributed by atoms with Crippen molar-refractivity contribution in [1.29, 1.82) is 0 Å². The summed E-state index contributed by atoms with van der Waals surface area (Å²) >= 11 is 0. The molecule has 0 spiro atoms. The number of ether oxygens (including phenoxy) is 1. The van der Waals surface area contributed by atoms with Crippen LogP contribution < -0.4 is 0 Å². The molecule has 0 aromatic carbocycles. The summed E-state index contributed by atoms with van der Waals surface area (Å²) in [6.45, 7) is 4.87. The number of esters is 1. The molecule has 2 aliphatic rings. The number of hydrogen-bond acceptors (Lipinski definition) is 2. The Kier molecular flexibility index (Phi) is 8.91. The van der Waals surface area contributed by atoms with Crippen LogP contribution in [0.4, 0.5) is 0 Å². The lowest BCUT2D eigenvalue weighted by atomic mass is 9.68. The van der Waals surface area contributed by atoms with Gasteiger partial charge in [-0.1, -0.05) is 52.0 Å². The van der Waals surface area contributed by atoms with Gasteiger partial charge < -0.3 is 4.74 Å². The number of carbonyl (C=O) groups excluding carboxylic acids is 1. The molecule has 2 saturated carbocycles. The summed E-state index contributed by atoms with van der Waals surface area (Å²) in [5.74, 6) is 3.39. The molecule has 2 heteroatoms. The molecule has 2 aliphatic carbocycles. The first-order valence-corrected chi connectivity index (χ1v) is 10.6. The molecule has 0 heterocycles.